The van der Waals surface area contributed by atoms with Crippen molar-refractivity contribution >= 4 is 0 Å². The molecule has 1 aromatic rings. The first kappa shape index (κ1) is 11.2. The van der Waals surface area contributed by atoms with E-state index in [4.69, 9.17) is 4.74 Å². The lowest BCUT2D eigenvalue weighted by Gasteiger charge is -1.98. The van der Waals surface area contributed by atoms with Gasteiger partial charge in [-0.2, -0.15) is 0 Å². The molecule has 0 atom stereocenters. The van der Waals surface area contributed by atoms with Crippen LogP contribution in [0.4, 0.5) is 0 Å². The summed E-state index contributed by atoms with van der Waals surface area (Å²) in [5.74, 6) is 1.07. The SMILES string of the molecule is CC.COCCc1nccn1C. The predicted molar refractivity (Wildman–Crippen MR) is 50.1 cm³/mol. The van der Waals surface area contributed by atoms with Gasteiger partial charge in [-0.05, 0) is 0 Å². The molecule has 0 amide bonds. The molecule has 3 heteroatoms. The van der Waals surface area contributed by atoms with Gasteiger partial charge in [-0.3, -0.25) is 0 Å². The fourth-order valence-corrected chi connectivity index (χ4v) is 0.831. The second-order valence-electron chi connectivity index (χ2n) is 2.20. The van der Waals surface area contributed by atoms with Crippen molar-refractivity contribution in [2.24, 2.45) is 7.05 Å². The van der Waals surface area contributed by atoms with Crippen molar-refractivity contribution in [3.8, 4) is 0 Å². The Kier molecular flexibility index (Phi) is 6.38. The summed E-state index contributed by atoms with van der Waals surface area (Å²) in [6, 6.07) is 0. The summed E-state index contributed by atoms with van der Waals surface area (Å²) in [5, 5.41) is 0. The van der Waals surface area contributed by atoms with Crippen LogP contribution in [0.1, 0.15) is 19.7 Å². The van der Waals surface area contributed by atoms with E-state index in [9.17, 15) is 0 Å². The fourth-order valence-electron chi connectivity index (χ4n) is 0.831. The van der Waals surface area contributed by atoms with Gasteiger partial charge >= 0.3 is 0 Å². The van der Waals surface area contributed by atoms with Gasteiger partial charge in [0.05, 0.1) is 6.61 Å². The minimum atomic E-state index is 0.741. The van der Waals surface area contributed by atoms with Gasteiger partial charge in [0.2, 0.25) is 0 Å². The van der Waals surface area contributed by atoms with E-state index in [1.165, 1.54) is 0 Å². The van der Waals surface area contributed by atoms with Crippen molar-refractivity contribution in [3.05, 3.63) is 18.2 Å². The summed E-state index contributed by atoms with van der Waals surface area (Å²) in [7, 11) is 3.68. The van der Waals surface area contributed by atoms with Gasteiger partial charge in [0.25, 0.3) is 0 Å². The lowest BCUT2D eigenvalue weighted by Crippen LogP contribution is -2.01. The predicted octanol–water partition coefficient (Wildman–Crippen LogP) is 1.64. The maximum Gasteiger partial charge on any atom is 0.110 e. The molecule has 1 rings (SSSR count). The Labute approximate surface area is 74.4 Å². The Morgan fingerprint density at radius 3 is 2.58 bits per heavy atom. The van der Waals surface area contributed by atoms with Gasteiger partial charge in [0.15, 0.2) is 0 Å². The van der Waals surface area contributed by atoms with E-state index in [2.05, 4.69) is 4.98 Å². The number of ether oxygens (including phenoxy) is 1. The van der Waals surface area contributed by atoms with Crippen LogP contribution in [-0.2, 0) is 18.2 Å². The van der Waals surface area contributed by atoms with E-state index in [0.29, 0.717) is 0 Å². The highest BCUT2D eigenvalue weighted by Crippen LogP contribution is 1.94. The molecule has 1 heterocycles. The quantitative estimate of drug-likeness (QED) is 0.689. The zero-order valence-corrected chi connectivity index (χ0v) is 8.37. The molecular formula is C9H18N2O. The summed E-state index contributed by atoms with van der Waals surface area (Å²) >= 11 is 0. The van der Waals surface area contributed by atoms with Gasteiger partial charge in [0, 0.05) is 33.0 Å². The lowest BCUT2D eigenvalue weighted by molar-refractivity contribution is 0.200. The molecule has 0 saturated carbocycles. The molecule has 70 valence electrons. The number of aryl methyl sites for hydroxylation is 1. The maximum atomic E-state index is 4.92. The molecule has 0 radical (unpaired) electrons. The molecule has 0 aliphatic rings. The highest BCUT2D eigenvalue weighted by molar-refractivity contribution is 4.90. The molecule has 0 aliphatic carbocycles. The second-order valence-corrected chi connectivity index (χ2v) is 2.20. The summed E-state index contributed by atoms with van der Waals surface area (Å²) in [6.07, 6.45) is 4.62. The second kappa shape index (κ2) is 6.85. The molecule has 0 aromatic carbocycles. The maximum absolute atomic E-state index is 4.92. The largest absolute Gasteiger partial charge is 0.384 e. The fraction of sp³-hybridized carbons (Fsp3) is 0.667. The Hall–Kier alpha value is -0.830. The third-order valence-corrected chi connectivity index (χ3v) is 1.45. The van der Waals surface area contributed by atoms with Crippen molar-refractivity contribution in [3.63, 3.8) is 0 Å². The van der Waals surface area contributed by atoms with E-state index in [-0.39, 0.29) is 0 Å². The molecule has 0 N–H and O–H groups in total. The molecule has 0 aliphatic heterocycles. The van der Waals surface area contributed by atoms with Gasteiger partial charge in [-0.25, -0.2) is 4.98 Å². The monoisotopic (exact) mass is 170 g/mol. The van der Waals surface area contributed by atoms with Crippen LogP contribution in [0.5, 0.6) is 0 Å². The van der Waals surface area contributed by atoms with Crippen LogP contribution in [0.15, 0.2) is 12.4 Å². The van der Waals surface area contributed by atoms with Crippen LogP contribution in [0.25, 0.3) is 0 Å². The number of hydrogen-bond acceptors (Lipinski definition) is 2. The lowest BCUT2D eigenvalue weighted by atomic mass is 10.4. The van der Waals surface area contributed by atoms with Crippen molar-refractivity contribution < 1.29 is 4.74 Å². The summed E-state index contributed by atoms with van der Waals surface area (Å²) < 4.78 is 6.92. The van der Waals surface area contributed by atoms with Crippen LogP contribution in [0.2, 0.25) is 0 Å². The number of nitrogens with zero attached hydrogens (tertiary/aromatic N) is 2. The minimum Gasteiger partial charge on any atom is -0.384 e. The Balaban J connectivity index is 0.000000561. The molecule has 0 fully saturated rings. The van der Waals surface area contributed by atoms with E-state index in [0.717, 1.165) is 18.9 Å². The van der Waals surface area contributed by atoms with Crippen LogP contribution in [0, 0.1) is 0 Å². The molecule has 1 aromatic heterocycles. The van der Waals surface area contributed by atoms with E-state index in [1.807, 2.05) is 31.7 Å². The summed E-state index contributed by atoms with van der Waals surface area (Å²) in [5.41, 5.74) is 0. The number of methoxy groups -OCH3 is 1. The smallest absolute Gasteiger partial charge is 0.110 e. The summed E-state index contributed by atoms with van der Waals surface area (Å²) in [4.78, 5) is 4.14. The van der Waals surface area contributed by atoms with Crippen molar-refractivity contribution in [1.29, 1.82) is 0 Å². The normalized spacial score (nSPS) is 9.00. The van der Waals surface area contributed by atoms with Crippen molar-refractivity contribution in [1.82, 2.24) is 9.55 Å². The van der Waals surface area contributed by atoms with E-state index < -0.39 is 0 Å². The topological polar surface area (TPSA) is 27.1 Å². The van der Waals surface area contributed by atoms with Crippen molar-refractivity contribution in [2.75, 3.05) is 13.7 Å². The molecule has 3 nitrogen and oxygen atoms in total. The Morgan fingerprint density at radius 1 is 1.50 bits per heavy atom. The van der Waals surface area contributed by atoms with Gasteiger partial charge in [-0.15, -0.1) is 0 Å². The highest BCUT2D eigenvalue weighted by atomic mass is 16.5. The zero-order chi connectivity index (χ0) is 9.40. The van der Waals surface area contributed by atoms with Crippen LogP contribution >= 0.6 is 0 Å². The van der Waals surface area contributed by atoms with Crippen LogP contribution < -0.4 is 0 Å². The molecule has 0 unspecified atom stereocenters. The minimum absolute atomic E-state index is 0.741. The molecule has 0 saturated heterocycles. The highest BCUT2D eigenvalue weighted by Gasteiger charge is 1.95. The first-order chi connectivity index (χ1) is 5.84. The van der Waals surface area contributed by atoms with E-state index >= 15 is 0 Å². The molecular weight excluding hydrogens is 152 g/mol. The third-order valence-electron chi connectivity index (χ3n) is 1.45. The zero-order valence-electron chi connectivity index (χ0n) is 8.37. The van der Waals surface area contributed by atoms with Crippen LogP contribution in [-0.4, -0.2) is 23.3 Å². The van der Waals surface area contributed by atoms with Gasteiger partial charge < -0.3 is 9.30 Å². The summed E-state index contributed by atoms with van der Waals surface area (Å²) in [6.45, 7) is 4.74. The van der Waals surface area contributed by atoms with Gasteiger partial charge in [0.1, 0.15) is 5.82 Å². The average molecular weight is 170 g/mol. The molecule has 0 bridgehead atoms. The van der Waals surface area contributed by atoms with Crippen molar-refractivity contribution in [2.45, 2.75) is 20.3 Å². The number of aromatic nitrogens is 2. The first-order valence-electron chi connectivity index (χ1n) is 4.29. The third kappa shape index (κ3) is 3.53. The van der Waals surface area contributed by atoms with Gasteiger partial charge in [-0.1, -0.05) is 13.8 Å². The standard InChI is InChI=1S/C7H12N2O.C2H6/c1-9-5-4-8-7(9)3-6-10-2;1-2/h4-5H,3,6H2,1-2H3;1-2H3. The van der Waals surface area contributed by atoms with E-state index in [1.54, 1.807) is 13.3 Å². The number of imidazole rings is 1. The Morgan fingerprint density at radius 2 is 2.17 bits per heavy atom. The molecule has 0 spiro atoms. The molecule has 12 heavy (non-hydrogen) atoms. The average Bonchev–Trinajstić information content (AvgIpc) is 2.51. The first-order valence-corrected chi connectivity index (χ1v) is 4.29. The Bertz CT molecular complexity index is 196. The van der Waals surface area contributed by atoms with Crippen LogP contribution in [0.3, 0.4) is 0 Å². The number of rotatable bonds is 3. The number of hydrogen-bond donors (Lipinski definition) is 0.